The lowest BCUT2D eigenvalue weighted by atomic mass is 10.1. The van der Waals surface area contributed by atoms with Crippen LogP contribution in [0.15, 0.2) is 140 Å². The fraction of sp³-hybridized carbons (Fsp3) is 0.238. The summed E-state index contributed by atoms with van der Waals surface area (Å²) in [6.07, 6.45) is 0. The molecule has 8 aromatic carbocycles. The van der Waals surface area contributed by atoms with Crippen LogP contribution in [0.2, 0.25) is 5.02 Å². The van der Waals surface area contributed by atoms with E-state index in [1.54, 1.807) is 58.9 Å². The van der Waals surface area contributed by atoms with Gasteiger partial charge in [0.25, 0.3) is 0 Å². The molecule has 0 unspecified atom stereocenters. The summed E-state index contributed by atoms with van der Waals surface area (Å²) in [6, 6.07) is 40.0. The van der Waals surface area contributed by atoms with Gasteiger partial charge < -0.3 is 0 Å². The van der Waals surface area contributed by atoms with Gasteiger partial charge in [0.1, 0.15) is 52.4 Å². The van der Waals surface area contributed by atoms with Crippen LogP contribution in [0.1, 0.15) is 83.5 Å². The zero-order chi connectivity index (χ0) is 55.7. The molecule has 390 valence electrons. The lowest BCUT2D eigenvalue weighted by molar-refractivity contribution is 0.565. The molecule has 0 N–H and O–H groups in total. The van der Waals surface area contributed by atoms with Crippen molar-refractivity contribution in [3.05, 3.63) is 280 Å². The molecule has 0 heterocycles. The van der Waals surface area contributed by atoms with Crippen LogP contribution in [0.5, 0.6) is 0 Å². The number of aryl methyl sites for hydroxylation is 12. The van der Waals surface area contributed by atoms with Crippen molar-refractivity contribution in [1.82, 2.24) is 0 Å². The predicted molar refractivity (Wildman–Crippen MR) is 287 cm³/mol. The number of hydrogen-bond acceptors (Lipinski definition) is 0. The van der Waals surface area contributed by atoms with Crippen molar-refractivity contribution < 1.29 is 39.5 Å². The van der Waals surface area contributed by atoms with Crippen LogP contribution in [-0.4, -0.2) is 0 Å². The minimum atomic E-state index is -0.475. The van der Waals surface area contributed by atoms with E-state index in [2.05, 4.69) is 76.2 Å². The van der Waals surface area contributed by atoms with Gasteiger partial charge in [0.2, 0.25) is 0 Å². The van der Waals surface area contributed by atoms with Gasteiger partial charge in [-0.15, -0.1) is 0 Å². The van der Waals surface area contributed by atoms with Crippen LogP contribution in [0.3, 0.4) is 0 Å². The summed E-state index contributed by atoms with van der Waals surface area (Å²) >= 11 is 5.41. The minimum Gasteiger partial charge on any atom is -0.207 e. The van der Waals surface area contributed by atoms with E-state index in [0.717, 1.165) is 16.7 Å². The first-order chi connectivity index (χ1) is 34.0. The van der Waals surface area contributed by atoms with E-state index in [-0.39, 0.29) is 39.2 Å². The van der Waals surface area contributed by atoms with Gasteiger partial charge >= 0.3 is 0 Å². The molecule has 0 atom stereocenters. The van der Waals surface area contributed by atoms with Crippen molar-refractivity contribution >= 4 is 11.6 Å². The Kier molecular flexibility index (Phi) is 28.7. The van der Waals surface area contributed by atoms with E-state index in [9.17, 15) is 39.5 Å². The molecule has 0 saturated heterocycles. The highest BCUT2D eigenvalue weighted by molar-refractivity contribution is 6.30. The maximum atomic E-state index is 12.6. The Bertz CT molecular complexity index is 2540. The fourth-order valence-electron chi connectivity index (χ4n) is 5.59. The average molecular weight is 1030 g/mol. The summed E-state index contributed by atoms with van der Waals surface area (Å²) in [5.74, 6) is -3.43. The Labute approximate surface area is 433 Å². The largest absolute Gasteiger partial charge is 0.207 e. The normalized spacial score (nSPS) is 9.71. The lowest BCUT2D eigenvalue weighted by Gasteiger charge is -1.98. The fourth-order valence-corrected chi connectivity index (χ4v) is 5.70. The highest BCUT2D eigenvalue weighted by atomic mass is 35.5. The molecule has 0 aliphatic carbocycles. The third-order valence-electron chi connectivity index (χ3n) is 10.4. The van der Waals surface area contributed by atoms with Crippen LogP contribution < -0.4 is 0 Å². The molecular weight excluding hydrogens is 963 g/mol. The molecule has 0 radical (unpaired) electrons. The van der Waals surface area contributed by atoms with Crippen LogP contribution in [0, 0.1) is 156 Å². The molecule has 8 rings (SSSR count). The van der Waals surface area contributed by atoms with Gasteiger partial charge in [-0.05, 0) is 209 Å². The quantitative estimate of drug-likeness (QED) is 0.133. The second-order valence-electron chi connectivity index (χ2n) is 17.8. The van der Waals surface area contributed by atoms with Gasteiger partial charge in [-0.2, -0.15) is 0 Å². The van der Waals surface area contributed by atoms with Gasteiger partial charge in [-0.25, -0.2) is 39.5 Å². The van der Waals surface area contributed by atoms with Crippen molar-refractivity contribution in [1.29, 1.82) is 0 Å². The molecule has 73 heavy (non-hydrogen) atoms. The summed E-state index contributed by atoms with van der Waals surface area (Å²) in [4.78, 5) is 0. The zero-order valence-corrected chi connectivity index (χ0v) is 45.3. The molecule has 0 saturated carbocycles. The van der Waals surface area contributed by atoms with Gasteiger partial charge in [0.05, 0.1) is 5.02 Å². The van der Waals surface area contributed by atoms with Crippen molar-refractivity contribution in [3.8, 4) is 0 Å². The molecule has 8 aromatic rings. The van der Waals surface area contributed by atoms with Gasteiger partial charge in [-0.3, -0.25) is 0 Å². The molecule has 0 bridgehead atoms. The maximum Gasteiger partial charge on any atom is 0.142 e. The smallest absolute Gasteiger partial charge is 0.142 e. The summed E-state index contributed by atoms with van der Waals surface area (Å²) in [6.45, 7) is 26.7. The summed E-state index contributed by atoms with van der Waals surface area (Å²) in [5.41, 5.74) is 11.7. The van der Waals surface area contributed by atoms with Crippen LogP contribution in [0.25, 0.3) is 0 Å². The molecule has 0 aliphatic rings. The van der Waals surface area contributed by atoms with Gasteiger partial charge in [0, 0.05) is 16.7 Å². The Morgan fingerprint density at radius 2 is 0.384 bits per heavy atom. The first kappa shape index (κ1) is 64.4. The second kappa shape index (κ2) is 32.5. The minimum absolute atomic E-state index is 0.0885. The van der Waals surface area contributed by atoms with Crippen molar-refractivity contribution in [2.75, 3.05) is 0 Å². The highest BCUT2D eigenvalue weighted by Crippen LogP contribution is 2.16. The van der Waals surface area contributed by atoms with E-state index in [0.29, 0.717) is 27.8 Å². The first-order valence-electron chi connectivity index (χ1n) is 23.2. The van der Waals surface area contributed by atoms with Gasteiger partial charge in [-0.1, -0.05) is 113 Å². The van der Waals surface area contributed by atoms with Crippen LogP contribution in [0.4, 0.5) is 39.5 Å². The molecular formula is C63H68ClF9. The van der Waals surface area contributed by atoms with Crippen LogP contribution >= 0.6 is 11.6 Å². The molecule has 0 aromatic heterocycles. The summed E-state index contributed by atoms with van der Waals surface area (Å²) in [5, 5.41) is 0.181. The number of rotatable bonds is 0. The highest BCUT2D eigenvalue weighted by Gasteiger charge is 2.05. The third kappa shape index (κ3) is 26.1. The van der Waals surface area contributed by atoms with Gasteiger partial charge in [0.15, 0.2) is 0 Å². The van der Waals surface area contributed by atoms with Crippen LogP contribution in [-0.2, 0) is 0 Å². The monoisotopic (exact) mass is 1030 g/mol. The Hall–Kier alpha value is -6.58. The Balaban J connectivity index is 0.000000418. The summed E-state index contributed by atoms with van der Waals surface area (Å²) < 4.78 is 113. The van der Waals surface area contributed by atoms with E-state index < -0.39 is 34.9 Å². The van der Waals surface area contributed by atoms with E-state index in [1.807, 2.05) is 32.9 Å². The number of benzene rings is 8. The summed E-state index contributed by atoms with van der Waals surface area (Å²) in [7, 11) is 0. The predicted octanol–water partition coefficient (Wildman–Crippen LogP) is 20.0. The molecule has 0 amide bonds. The van der Waals surface area contributed by atoms with E-state index >= 15 is 0 Å². The van der Waals surface area contributed by atoms with E-state index in [1.165, 1.54) is 97.6 Å². The number of halogens is 10. The molecule has 0 fully saturated rings. The average Bonchev–Trinajstić information content (AvgIpc) is 3.31. The van der Waals surface area contributed by atoms with Crippen molar-refractivity contribution in [2.45, 2.75) is 104 Å². The lowest BCUT2D eigenvalue weighted by Crippen LogP contribution is -1.89. The second-order valence-corrected chi connectivity index (χ2v) is 18.2. The van der Waals surface area contributed by atoms with E-state index in [4.69, 9.17) is 11.6 Å². The van der Waals surface area contributed by atoms with Crippen molar-refractivity contribution in [3.63, 3.8) is 0 Å². The molecule has 0 spiro atoms. The Morgan fingerprint density at radius 1 is 0.205 bits per heavy atom. The molecule has 10 heteroatoms. The molecule has 0 aliphatic heterocycles. The van der Waals surface area contributed by atoms with Crippen molar-refractivity contribution in [2.24, 2.45) is 0 Å². The number of hydrogen-bond donors (Lipinski definition) is 0. The third-order valence-corrected chi connectivity index (χ3v) is 10.7. The topological polar surface area (TPSA) is 0 Å². The standard InChI is InChI=1S/3C8H8F2.2C8H9F.2C8H10.C7H6ClF/c3*1-5-3-7(9)6(2)8(10)4-5;2*1-6-3-4-7(2)8(9)5-6;2*1-7-3-5-8(2)6-4-7;1-5-2-3-6(8)7(9)4-5/h3*3-4H,1-2H3;2*3-5H,1-2H3;2*3-6H,1-2H3;2-4H,1H3. The SMILES string of the molecule is Cc1cc(F)c(C)c(F)c1.Cc1cc(F)c(C)c(F)c1.Cc1cc(F)c(C)c(F)c1.Cc1ccc(C)c(F)c1.Cc1ccc(C)c(F)c1.Cc1ccc(C)cc1.Cc1ccc(C)cc1.Cc1ccc(Cl)c(F)c1. The zero-order valence-electron chi connectivity index (χ0n) is 44.6. The Morgan fingerprint density at radius 3 is 0.562 bits per heavy atom. The first-order valence-corrected chi connectivity index (χ1v) is 23.6. The molecule has 0 nitrogen and oxygen atoms in total. The maximum absolute atomic E-state index is 12.6.